The minimum atomic E-state index is -0.522. The summed E-state index contributed by atoms with van der Waals surface area (Å²) in [7, 11) is 0. The van der Waals surface area contributed by atoms with E-state index in [0.717, 1.165) is 11.1 Å². The molecule has 0 spiro atoms. The third kappa shape index (κ3) is 2.77. The molecule has 0 atom stereocenters. The van der Waals surface area contributed by atoms with Gasteiger partial charge in [-0.15, -0.1) is 0 Å². The molecule has 0 aliphatic carbocycles. The number of nitrogens with zero attached hydrogens (tertiary/aromatic N) is 1. The molecule has 0 aromatic heterocycles. The van der Waals surface area contributed by atoms with E-state index >= 15 is 0 Å². The van der Waals surface area contributed by atoms with Crippen molar-refractivity contribution in [3.8, 4) is 11.5 Å². The molecule has 0 bridgehead atoms. The molecule has 6 heteroatoms. The van der Waals surface area contributed by atoms with Crippen LogP contribution in [0.5, 0.6) is 11.5 Å². The van der Waals surface area contributed by atoms with Gasteiger partial charge in [0.05, 0.1) is 10.8 Å². The van der Waals surface area contributed by atoms with E-state index in [-0.39, 0.29) is 11.6 Å². The minimum absolute atomic E-state index is 0.0234. The van der Waals surface area contributed by atoms with E-state index in [4.69, 9.17) is 4.74 Å². The Kier molecular flexibility index (Phi) is 3.85. The molecule has 4 rings (SSSR count). The van der Waals surface area contributed by atoms with Crippen molar-refractivity contribution in [2.75, 3.05) is 5.32 Å². The molecule has 26 heavy (non-hydrogen) atoms. The standard InChI is InChI=1S/C20H14N2O4/c23-20(21-13-9-11-14(12-10-13)22(24)25)19-15-5-1-3-7-17(15)26-18-8-4-2-6-16(18)19/h1-12,19H,(H,21,23). The lowest BCUT2D eigenvalue weighted by Gasteiger charge is -2.27. The topological polar surface area (TPSA) is 81.5 Å². The van der Waals surface area contributed by atoms with Crippen LogP contribution in [0.4, 0.5) is 11.4 Å². The van der Waals surface area contributed by atoms with Gasteiger partial charge in [0, 0.05) is 28.9 Å². The minimum Gasteiger partial charge on any atom is -0.457 e. The Bertz CT molecular complexity index is 953. The highest BCUT2D eigenvalue weighted by molar-refractivity contribution is 5.99. The summed E-state index contributed by atoms with van der Waals surface area (Å²) in [5, 5.41) is 13.6. The number of carbonyl (C=O) groups excluding carboxylic acids is 1. The predicted molar refractivity (Wildman–Crippen MR) is 96.5 cm³/mol. The number of hydrogen-bond donors (Lipinski definition) is 1. The molecular formula is C20H14N2O4. The summed E-state index contributed by atoms with van der Waals surface area (Å²) in [6, 6.07) is 20.6. The summed E-state index contributed by atoms with van der Waals surface area (Å²) in [4.78, 5) is 23.3. The quantitative estimate of drug-likeness (QED) is 0.560. The molecule has 128 valence electrons. The number of nitro benzene ring substituents is 1. The number of benzene rings is 3. The van der Waals surface area contributed by atoms with Crippen LogP contribution in [0.15, 0.2) is 72.8 Å². The highest BCUT2D eigenvalue weighted by atomic mass is 16.6. The molecule has 0 radical (unpaired) electrons. The van der Waals surface area contributed by atoms with Crippen LogP contribution in [-0.4, -0.2) is 10.8 Å². The summed E-state index contributed by atoms with van der Waals surface area (Å²) in [6.07, 6.45) is 0. The van der Waals surface area contributed by atoms with Crippen LogP contribution in [0.3, 0.4) is 0 Å². The second-order valence-corrected chi connectivity index (χ2v) is 5.90. The summed E-state index contributed by atoms with van der Waals surface area (Å²) in [5.74, 6) is 0.554. The number of rotatable bonds is 3. The van der Waals surface area contributed by atoms with Crippen LogP contribution in [0.1, 0.15) is 17.0 Å². The summed E-state index contributed by atoms with van der Waals surface area (Å²) < 4.78 is 5.90. The maximum absolute atomic E-state index is 13.0. The highest BCUT2D eigenvalue weighted by Crippen LogP contribution is 2.44. The van der Waals surface area contributed by atoms with E-state index < -0.39 is 10.8 Å². The number of non-ortho nitro benzene ring substituents is 1. The third-order valence-electron chi connectivity index (χ3n) is 4.29. The Morgan fingerprint density at radius 1 is 0.885 bits per heavy atom. The fourth-order valence-corrected chi connectivity index (χ4v) is 3.07. The van der Waals surface area contributed by atoms with Gasteiger partial charge in [0.15, 0.2) is 0 Å². The molecule has 1 N–H and O–H groups in total. The Hall–Kier alpha value is -3.67. The maximum atomic E-state index is 13.0. The average molecular weight is 346 g/mol. The zero-order valence-electron chi connectivity index (χ0n) is 13.6. The van der Waals surface area contributed by atoms with E-state index in [1.807, 2.05) is 48.5 Å². The van der Waals surface area contributed by atoms with Crippen LogP contribution in [-0.2, 0) is 4.79 Å². The monoisotopic (exact) mass is 346 g/mol. The first-order valence-corrected chi connectivity index (χ1v) is 8.04. The molecule has 0 fully saturated rings. The Balaban J connectivity index is 1.68. The summed E-state index contributed by atoms with van der Waals surface area (Å²) in [6.45, 7) is 0. The second-order valence-electron chi connectivity index (χ2n) is 5.90. The molecule has 1 heterocycles. The van der Waals surface area contributed by atoms with Gasteiger partial charge >= 0.3 is 0 Å². The Morgan fingerprint density at radius 3 is 1.96 bits per heavy atom. The number of nitro groups is 1. The van der Waals surface area contributed by atoms with Crippen molar-refractivity contribution in [2.24, 2.45) is 0 Å². The van der Waals surface area contributed by atoms with E-state index in [2.05, 4.69) is 5.32 Å². The van der Waals surface area contributed by atoms with Gasteiger partial charge in [0.1, 0.15) is 11.5 Å². The average Bonchev–Trinajstić information content (AvgIpc) is 2.66. The molecule has 0 unspecified atom stereocenters. The van der Waals surface area contributed by atoms with Crippen LogP contribution in [0.2, 0.25) is 0 Å². The van der Waals surface area contributed by atoms with Crippen molar-refractivity contribution in [2.45, 2.75) is 5.92 Å². The molecule has 0 saturated heterocycles. The molecule has 1 amide bonds. The van der Waals surface area contributed by atoms with E-state index in [0.29, 0.717) is 17.2 Å². The highest BCUT2D eigenvalue weighted by Gasteiger charge is 2.32. The van der Waals surface area contributed by atoms with Gasteiger partial charge in [-0.25, -0.2) is 0 Å². The number of nitrogens with one attached hydrogen (secondary N) is 1. The fraction of sp³-hybridized carbons (Fsp3) is 0.0500. The maximum Gasteiger partial charge on any atom is 0.269 e. The number of para-hydroxylation sites is 2. The molecule has 3 aromatic rings. The van der Waals surface area contributed by atoms with Gasteiger partial charge in [-0.05, 0) is 24.3 Å². The van der Waals surface area contributed by atoms with Crippen LogP contribution < -0.4 is 10.1 Å². The van der Waals surface area contributed by atoms with Crippen molar-refractivity contribution >= 4 is 17.3 Å². The van der Waals surface area contributed by atoms with Crippen molar-refractivity contribution in [3.05, 3.63) is 94.0 Å². The first kappa shape index (κ1) is 15.8. The number of amides is 1. The zero-order chi connectivity index (χ0) is 18.1. The van der Waals surface area contributed by atoms with E-state index in [1.165, 1.54) is 24.3 Å². The van der Waals surface area contributed by atoms with Gasteiger partial charge < -0.3 is 10.1 Å². The lowest BCUT2D eigenvalue weighted by atomic mass is 9.87. The van der Waals surface area contributed by atoms with Crippen molar-refractivity contribution in [3.63, 3.8) is 0 Å². The number of ether oxygens (including phenoxy) is 1. The fourth-order valence-electron chi connectivity index (χ4n) is 3.07. The van der Waals surface area contributed by atoms with E-state index in [1.54, 1.807) is 0 Å². The van der Waals surface area contributed by atoms with Crippen LogP contribution in [0, 0.1) is 10.1 Å². The SMILES string of the molecule is O=C(Nc1ccc([N+](=O)[O-])cc1)C1c2ccccc2Oc2ccccc21. The first-order valence-electron chi connectivity index (χ1n) is 8.04. The predicted octanol–water partition coefficient (Wildman–Crippen LogP) is 4.47. The first-order chi connectivity index (χ1) is 12.6. The van der Waals surface area contributed by atoms with E-state index in [9.17, 15) is 14.9 Å². The number of fused-ring (bicyclic) bond motifs is 2. The molecular weight excluding hydrogens is 332 g/mol. The molecule has 3 aromatic carbocycles. The van der Waals surface area contributed by atoms with Crippen molar-refractivity contribution < 1.29 is 14.5 Å². The summed E-state index contributed by atoms with van der Waals surface area (Å²) in [5.41, 5.74) is 2.04. The van der Waals surface area contributed by atoms with Crippen molar-refractivity contribution in [1.29, 1.82) is 0 Å². The van der Waals surface area contributed by atoms with Gasteiger partial charge in [0.2, 0.25) is 5.91 Å². The summed E-state index contributed by atoms with van der Waals surface area (Å²) >= 11 is 0. The van der Waals surface area contributed by atoms with Gasteiger partial charge in [-0.1, -0.05) is 36.4 Å². The Morgan fingerprint density at radius 2 is 1.42 bits per heavy atom. The van der Waals surface area contributed by atoms with Gasteiger partial charge in [0.25, 0.3) is 5.69 Å². The molecule has 1 aliphatic heterocycles. The second kappa shape index (κ2) is 6.33. The number of anilines is 1. The van der Waals surface area contributed by atoms with Gasteiger partial charge in [-0.2, -0.15) is 0 Å². The number of carbonyl (C=O) groups is 1. The Labute approximate surface area is 149 Å². The smallest absolute Gasteiger partial charge is 0.269 e. The molecule has 6 nitrogen and oxygen atoms in total. The van der Waals surface area contributed by atoms with Crippen molar-refractivity contribution in [1.82, 2.24) is 0 Å². The van der Waals surface area contributed by atoms with Gasteiger partial charge in [-0.3, -0.25) is 14.9 Å². The largest absolute Gasteiger partial charge is 0.457 e. The third-order valence-corrected chi connectivity index (χ3v) is 4.29. The zero-order valence-corrected chi connectivity index (χ0v) is 13.6. The van der Waals surface area contributed by atoms with Crippen LogP contribution >= 0.6 is 0 Å². The lowest BCUT2D eigenvalue weighted by molar-refractivity contribution is -0.384. The lowest BCUT2D eigenvalue weighted by Crippen LogP contribution is -2.25. The normalized spacial score (nSPS) is 12.5. The van der Waals surface area contributed by atoms with Crippen LogP contribution in [0.25, 0.3) is 0 Å². The molecule has 0 saturated carbocycles. The number of hydrogen-bond acceptors (Lipinski definition) is 4. The molecule has 1 aliphatic rings.